The first-order chi connectivity index (χ1) is 9.24. The lowest BCUT2D eigenvalue weighted by Gasteiger charge is -2.06. The smallest absolute Gasteiger partial charge is 0.226 e. The van der Waals surface area contributed by atoms with E-state index in [-0.39, 0.29) is 0 Å². The molecular formula is C12H11BrN6. The highest BCUT2D eigenvalue weighted by atomic mass is 79.9. The van der Waals surface area contributed by atoms with E-state index < -0.39 is 0 Å². The van der Waals surface area contributed by atoms with E-state index in [0.29, 0.717) is 24.0 Å². The minimum absolute atomic E-state index is 0.351. The monoisotopic (exact) mass is 318 g/mol. The Morgan fingerprint density at radius 1 is 1.21 bits per heavy atom. The summed E-state index contributed by atoms with van der Waals surface area (Å²) >= 11 is 3.41. The van der Waals surface area contributed by atoms with E-state index in [0.717, 1.165) is 10.0 Å². The SMILES string of the molecule is Nc1nnc2c(NCc3ccc(Br)cc3)nccn12. The van der Waals surface area contributed by atoms with Crippen LogP contribution < -0.4 is 11.1 Å². The second kappa shape index (κ2) is 4.85. The van der Waals surface area contributed by atoms with Gasteiger partial charge in [-0.2, -0.15) is 0 Å². The summed E-state index contributed by atoms with van der Waals surface area (Å²) in [5.41, 5.74) is 7.47. The summed E-state index contributed by atoms with van der Waals surface area (Å²) < 4.78 is 2.75. The van der Waals surface area contributed by atoms with Gasteiger partial charge in [0.2, 0.25) is 11.6 Å². The number of benzene rings is 1. The van der Waals surface area contributed by atoms with Crippen LogP contribution in [0.15, 0.2) is 41.1 Å². The van der Waals surface area contributed by atoms with Gasteiger partial charge in [0.15, 0.2) is 5.82 Å². The second-order valence-electron chi connectivity index (χ2n) is 4.01. The molecule has 0 amide bonds. The highest BCUT2D eigenvalue weighted by Gasteiger charge is 2.07. The van der Waals surface area contributed by atoms with Gasteiger partial charge in [0.25, 0.3) is 0 Å². The van der Waals surface area contributed by atoms with E-state index >= 15 is 0 Å². The number of nitrogens with one attached hydrogen (secondary N) is 1. The summed E-state index contributed by atoms with van der Waals surface area (Å²) in [5, 5.41) is 11.1. The van der Waals surface area contributed by atoms with Gasteiger partial charge in [0.1, 0.15) is 0 Å². The van der Waals surface area contributed by atoms with Gasteiger partial charge < -0.3 is 11.1 Å². The first kappa shape index (κ1) is 11.9. The van der Waals surface area contributed by atoms with Crippen LogP contribution in [-0.2, 0) is 6.54 Å². The van der Waals surface area contributed by atoms with E-state index in [1.807, 2.05) is 24.3 Å². The molecule has 2 heterocycles. The van der Waals surface area contributed by atoms with Crippen molar-refractivity contribution in [3.8, 4) is 0 Å². The number of halogens is 1. The topological polar surface area (TPSA) is 81.1 Å². The minimum atomic E-state index is 0.351. The number of hydrogen-bond donors (Lipinski definition) is 2. The molecule has 7 heteroatoms. The Hall–Kier alpha value is -2.15. The number of aromatic nitrogens is 4. The lowest BCUT2D eigenvalue weighted by molar-refractivity contribution is 1.07. The zero-order valence-electron chi connectivity index (χ0n) is 9.92. The zero-order chi connectivity index (χ0) is 13.2. The van der Waals surface area contributed by atoms with Crippen molar-refractivity contribution in [2.24, 2.45) is 0 Å². The van der Waals surface area contributed by atoms with Crippen molar-refractivity contribution in [3.63, 3.8) is 0 Å². The highest BCUT2D eigenvalue weighted by molar-refractivity contribution is 9.10. The van der Waals surface area contributed by atoms with Crippen molar-refractivity contribution < 1.29 is 0 Å². The molecule has 0 aliphatic heterocycles. The molecule has 3 N–H and O–H groups in total. The van der Waals surface area contributed by atoms with Crippen LogP contribution in [0.5, 0.6) is 0 Å². The average Bonchev–Trinajstić information content (AvgIpc) is 2.81. The molecule has 0 aliphatic carbocycles. The fraction of sp³-hybridized carbons (Fsp3) is 0.0833. The Morgan fingerprint density at radius 2 is 2.00 bits per heavy atom. The minimum Gasteiger partial charge on any atom is -0.368 e. The van der Waals surface area contributed by atoms with Crippen LogP contribution in [0, 0.1) is 0 Å². The van der Waals surface area contributed by atoms with Gasteiger partial charge >= 0.3 is 0 Å². The molecule has 3 aromatic rings. The fourth-order valence-electron chi connectivity index (χ4n) is 1.76. The predicted octanol–water partition coefficient (Wildman–Crippen LogP) is 2.08. The van der Waals surface area contributed by atoms with Crippen LogP contribution in [-0.4, -0.2) is 19.6 Å². The number of nitrogens with zero attached hydrogens (tertiary/aromatic N) is 4. The predicted molar refractivity (Wildman–Crippen MR) is 76.7 cm³/mol. The van der Waals surface area contributed by atoms with Gasteiger partial charge in [-0.1, -0.05) is 28.1 Å². The maximum atomic E-state index is 5.70. The van der Waals surface area contributed by atoms with Crippen LogP contribution in [0.2, 0.25) is 0 Å². The molecule has 1 aromatic carbocycles. The third-order valence-electron chi connectivity index (χ3n) is 2.73. The van der Waals surface area contributed by atoms with Gasteiger partial charge in [0, 0.05) is 23.4 Å². The molecule has 3 rings (SSSR count). The van der Waals surface area contributed by atoms with E-state index in [2.05, 4.69) is 36.4 Å². The van der Waals surface area contributed by atoms with Gasteiger partial charge in [-0.3, -0.25) is 4.40 Å². The van der Waals surface area contributed by atoms with Crippen molar-refractivity contribution in [2.75, 3.05) is 11.1 Å². The van der Waals surface area contributed by atoms with Crippen molar-refractivity contribution in [1.82, 2.24) is 19.6 Å². The van der Waals surface area contributed by atoms with E-state index in [1.54, 1.807) is 16.8 Å². The normalized spacial score (nSPS) is 10.8. The van der Waals surface area contributed by atoms with Crippen LogP contribution in [0.3, 0.4) is 0 Å². The Balaban J connectivity index is 1.83. The summed E-state index contributed by atoms with van der Waals surface area (Å²) in [6.45, 7) is 0.659. The van der Waals surface area contributed by atoms with Gasteiger partial charge in [-0.15, -0.1) is 10.2 Å². The van der Waals surface area contributed by atoms with Crippen molar-refractivity contribution >= 4 is 33.3 Å². The molecule has 0 saturated carbocycles. The largest absolute Gasteiger partial charge is 0.368 e. The van der Waals surface area contributed by atoms with E-state index in [4.69, 9.17) is 5.73 Å². The Kier molecular flexibility index (Phi) is 3.04. The van der Waals surface area contributed by atoms with Gasteiger partial charge in [-0.05, 0) is 17.7 Å². The summed E-state index contributed by atoms with van der Waals surface area (Å²) in [6, 6.07) is 8.07. The molecule has 0 fully saturated rings. The molecule has 96 valence electrons. The zero-order valence-corrected chi connectivity index (χ0v) is 11.5. The lowest BCUT2D eigenvalue weighted by atomic mass is 10.2. The molecule has 0 saturated heterocycles. The first-order valence-corrected chi connectivity index (χ1v) is 6.47. The maximum absolute atomic E-state index is 5.70. The van der Waals surface area contributed by atoms with Crippen LogP contribution >= 0.6 is 15.9 Å². The number of anilines is 2. The molecule has 6 nitrogen and oxygen atoms in total. The molecule has 0 unspecified atom stereocenters. The summed E-state index contributed by atoms with van der Waals surface area (Å²) in [4.78, 5) is 4.25. The summed E-state index contributed by atoms with van der Waals surface area (Å²) in [7, 11) is 0. The van der Waals surface area contributed by atoms with E-state index in [9.17, 15) is 0 Å². The summed E-state index contributed by atoms with van der Waals surface area (Å²) in [5.74, 6) is 1.01. The third kappa shape index (κ3) is 2.37. The number of rotatable bonds is 3. The molecule has 0 atom stereocenters. The van der Waals surface area contributed by atoms with E-state index in [1.165, 1.54) is 0 Å². The molecule has 2 aromatic heterocycles. The van der Waals surface area contributed by atoms with Crippen LogP contribution in [0.4, 0.5) is 11.8 Å². The second-order valence-corrected chi connectivity index (χ2v) is 4.92. The average molecular weight is 319 g/mol. The lowest BCUT2D eigenvalue weighted by Crippen LogP contribution is -2.04. The number of nitrogen functional groups attached to an aromatic ring is 1. The highest BCUT2D eigenvalue weighted by Crippen LogP contribution is 2.15. The number of hydrogen-bond acceptors (Lipinski definition) is 5. The Morgan fingerprint density at radius 3 is 2.79 bits per heavy atom. The Bertz CT molecular complexity index is 706. The Labute approximate surface area is 117 Å². The van der Waals surface area contributed by atoms with Gasteiger partial charge in [0.05, 0.1) is 0 Å². The maximum Gasteiger partial charge on any atom is 0.226 e. The molecule has 0 aliphatic rings. The number of fused-ring (bicyclic) bond motifs is 1. The molecule has 19 heavy (non-hydrogen) atoms. The van der Waals surface area contributed by atoms with Crippen LogP contribution in [0.25, 0.3) is 5.65 Å². The fourth-order valence-corrected chi connectivity index (χ4v) is 2.02. The quantitative estimate of drug-likeness (QED) is 0.772. The van der Waals surface area contributed by atoms with Gasteiger partial charge in [-0.25, -0.2) is 4.98 Å². The molecule has 0 spiro atoms. The number of nitrogens with two attached hydrogens (primary N) is 1. The van der Waals surface area contributed by atoms with Crippen molar-refractivity contribution in [1.29, 1.82) is 0 Å². The standard InChI is InChI=1S/C12H11BrN6/c13-9-3-1-8(2-4-9)7-16-10-11-17-18-12(14)19(11)6-5-15-10/h1-6H,7H2,(H2,14,18)(H,15,16). The molecular weight excluding hydrogens is 308 g/mol. The summed E-state index contributed by atoms with van der Waals surface area (Å²) in [6.07, 6.45) is 3.39. The molecule has 0 bridgehead atoms. The van der Waals surface area contributed by atoms with Crippen molar-refractivity contribution in [3.05, 3.63) is 46.7 Å². The van der Waals surface area contributed by atoms with Crippen molar-refractivity contribution in [2.45, 2.75) is 6.54 Å². The third-order valence-corrected chi connectivity index (χ3v) is 3.26. The molecule has 0 radical (unpaired) electrons. The first-order valence-electron chi connectivity index (χ1n) is 5.67. The van der Waals surface area contributed by atoms with Crippen LogP contribution in [0.1, 0.15) is 5.56 Å².